The van der Waals surface area contributed by atoms with Crippen LogP contribution in [0.25, 0.3) is 11.0 Å². The Hall–Kier alpha value is -2.09. The van der Waals surface area contributed by atoms with Crippen molar-refractivity contribution in [1.29, 1.82) is 0 Å². The predicted molar refractivity (Wildman–Crippen MR) is 93.3 cm³/mol. The van der Waals surface area contributed by atoms with Gasteiger partial charge in [0.25, 0.3) is 0 Å². The Labute approximate surface area is 132 Å². The summed E-state index contributed by atoms with van der Waals surface area (Å²) < 4.78 is 0. The molecule has 0 unspecified atom stereocenters. The second-order valence-electron chi connectivity index (χ2n) is 7.00. The summed E-state index contributed by atoms with van der Waals surface area (Å²) in [7, 11) is 0. The van der Waals surface area contributed by atoms with Crippen LogP contribution in [0.3, 0.4) is 0 Å². The fraction of sp³-hybridized carbons (Fsp3) is 0.350. The van der Waals surface area contributed by atoms with Crippen LogP contribution in [-0.2, 0) is 18.3 Å². The highest BCUT2D eigenvalue weighted by atomic mass is 14.9. The summed E-state index contributed by atoms with van der Waals surface area (Å²) in [5.74, 6) is 1.09. The lowest BCUT2D eigenvalue weighted by Crippen LogP contribution is -2.10. The van der Waals surface area contributed by atoms with Gasteiger partial charge in [-0.1, -0.05) is 57.2 Å². The monoisotopic (exact) mass is 292 g/mol. The Kier molecular flexibility index (Phi) is 4.02. The van der Waals surface area contributed by atoms with Crippen LogP contribution in [0.15, 0.2) is 48.5 Å². The number of H-pyrrole nitrogens is 1. The number of aromatic amines is 1. The summed E-state index contributed by atoms with van der Waals surface area (Å²) >= 11 is 0. The van der Waals surface area contributed by atoms with Gasteiger partial charge in [0.1, 0.15) is 5.82 Å². The normalized spacial score (nSPS) is 12.0. The minimum Gasteiger partial charge on any atom is -0.342 e. The molecule has 0 amide bonds. The van der Waals surface area contributed by atoms with E-state index in [4.69, 9.17) is 0 Å². The minimum absolute atomic E-state index is 0.229. The average molecular weight is 292 g/mol. The quantitative estimate of drug-likeness (QED) is 0.717. The molecule has 3 rings (SSSR count). The van der Waals surface area contributed by atoms with E-state index in [0.29, 0.717) is 0 Å². The first-order valence-electron chi connectivity index (χ1n) is 8.05. The van der Waals surface area contributed by atoms with Crippen molar-refractivity contribution in [3.63, 3.8) is 0 Å². The molecule has 0 fully saturated rings. The van der Waals surface area contributed by atoms with Gasteiger partial charge in [-0.3, -0.25) is 0 Å². The molecule has 0 aliphatic heterocycles. The Morgan fingerprint density at radius 2 is 1.64 bits per heavy atom. The molecule has 114 valence electrons. The highest BCUT2D eigenvalue weighted by Crippen LogP contribution is 2.22. The van der Waals surface area contributed by atoms with Crippen molar-refractivity contribution in [2.45, 2.75) is 45.4 Å². The summed E-state index contributed by atoms with van der Waals surface area (Å²) in [6, 6.07) is 17.3. The number of hydrogen-bond acceptors (Lipinski definition) is 1. The number of fused-ring (bicyclic) bond motifs is 1. The molecule has 0 radical (unpaired) electrons. The summed E-state index contributed by atoms with van der Waals surface area (Å²) in [5, 5.41) is 0. The number of nitrogens with one attached hydrogen (secondary N) is 1. The van der Waals surface area contributed by atoms with Crippen molar-refractivity contribution in [1.82, 2.24) is 9.97 Å². The maximum Gasteiger partial charge on any atom is 0.107 e. The first-order chi connectivity index (χ1) is 10.5. The topological polar surface area (TPSA) is 28.7 Å². The summed E-state index contributed by atoms with van der Waals surface area (Å²) in [4.78, 5) is 8.03. The number of hydrogen-bond donors (Lipinski definition) is 1. The molecule has 0 bridgehead atoms. The van der Waals surface area contributed by atoms with E-state index >= 15 is 0 Å². The van der Waals surface area contributed by atoms with Crippen molar-refractivity contribution in [3.8, 4) is 0 Å². The molecule has 0 aliphatic rings. The molecule has 0 saturated carbocycles. The lowest BCUT2D eigenvalue weighted by Gasteiger charge is -2.19. The van der Waals surface area contributed by atoms with Crippen molar-refractivity contribution in [2.75, 3.05) is 0 Å². The van der Waals surface area contributed by atoms with Gasteiger partial charge in [-0.25, -0.2) is 4.98 Å². The molecule has 3 aromatic rings. The standard InChI is InChI=1S/C20H24N2/c1-20(2,3)16-13-11-15(12-14-16)7-6-10-19-21-17-8-4-5-9-18(17)22-19/h4-5,8-9,11-14H,6-7,10H2,1-3H3,(H,21,22). The Morgan fingerprint density at radius 1 is 0.909 bits per heavy atom. The second-order valence-corrected chi connectivity index (χ2v) is 7.00. The zero-order valence-corrected chi connectivity index (χ0v) is 13.7. The lowest BCUT2D eigenvalue weighted by molar-refractivity contribution is 0.590. The van der Waals surface area contributed by atoms with E-state index in [2.05, 4.69) is 67.1 Å². The minimum atomic E-state index is 0.229. The van der Waals surface area contributed by atoms with Crippen molar-refractivity contribution >= 4 is 11.0 Å². The van der Waals surface area contributed by atoms with E-state index in [1.165, 1.54) is 11.1 Å². The fourth-order valence-electron chi connectivity index (χ4n) is 2.76. The molecule has 2 heteroatoms. The summed E-state index contributed by atoms with van der Waals surface area (Å²) in [5.41, 5.74) is 5.23. The fourth-order valence-corrected chi connectivity index (χ4v) is 2.76. The van der Waals surface area contributed by atoms with Crippen LogP contribution in [-0.4, -0.2) is 9.97 Å². The van der Waals surface area contributed by atoms with Crippen LogP contribution < -0.4 is 0 Å². The van der Waals surface area contributed by atoms with Crippen LogP contribution >= 0.6 is 0 Å². The van der Waals surface area contributed by atoms with Crippen LogP contribution in [0, 0.1) is 0 Å². The summed E-state index contributed by atoms with van der Waals surface area (Å²) in [6.45, 7) is 6.76. The number of aromatic nitrogens is 2. The molecule has 2 aromatic carbocycles. The molecule has 2 nitrogen and oxygen atoms in total. The maximum absolute atomic E-state index is 4.63. The maximum atomic E-state index is 4.63. The van der Waals surface area contributed by atoms with E-state index in [1.807, 2.05) is 12.1 Å². The molecule has 22 heavy (non-hydrogen) atoms. The van der Waals surface area contributed by atoms with Gasteiger partial charge in [-0.05, 0) is 41.5 Å². The van der Waals surface area contributed by atoms with Gasteiger partial charge in [-0.2, -0.15) is 0 Å². The molecule has 0 aliphatic carbocycles. The first-order valence-corrected chi connectivity index (χ1v) is 8.05. The zero-order chi connectivity index (χ0) is 15.6. The van der Waals surface area contributed by atoms with Crippen LogP contribution in [0.2, 0.25) is 0 Å². The van der Waals surface area contributed by atoms with Gasteiger partial charge in [0.05, 0.1) is 11.0 Å². The second kappa shape index (κ2) is 5.96. The number of benzene rings is 2. The van der Waals surface area contributed by atoms with E-state index in [9.17, 15) is 0 Å². The highest BCUT2D eigenvalue weighted by Gasteiger charge is 2.12. The molecular weight excluding hydrogens is 268 g/mol. The predicted octanol–water partition coefficient (Wildman–Crippen LogP) is 5.04. The van der Waals surface area contributed by atoms with Crippen LogP contribution in [0.4, 0.5) is 0 Å². The number of imidazole rings is 1. The van der Waals surface area contributed by atoms with Gasteiger partial charge in [0.15, 0.2) is 0 Å². The van der Waals surface area contributed by atoms with Crippen molar-refractivity contribution < 1.29 is 0 Å². The molecular formula is C20H24N2. The number of para-hydroxylation sites is 2. The number of rotatable bonds is 4. The van der Waals surface area contributed by atoms with Crippen LogP contribution in [0.1, 0.15) is 44.1 Å². The largest absolute Gasteiger partial charge is 0.342 e. The summed E-state index contributed by atoms with van der Waals surface area (Å²) in [6.07, 6.45) is 3.21. The van der Waals surface area contributed by atoms with Gasteiger partial charge in [-0.15, -0.1) is 0 Å². The molecule has 0 spiro atoms. The van der Waals surface area contributed by atoms with E-state index in [1.54, 1.807) is 0 Å². The molecule has 1 N–H and O–H groups in total. The smallest absolute Gasteiger partial charge is 0.107 e. The van der Waals surface area contributed by atoms with Gasteiger partial charge in [0, 0.05) is 6.42 Å². The molecule has 1 aromatic heterocycles. The highest BCUT2D eigenvalue weighted by molar-refractivity contribution is 5.74. The van der Waals surface area contributed by atoms with Gasteiger partial charge >= 0.3 is 0 Å². The lowest BCUT2D eigenvalue weighted by atomic mass is 9.86. The average Bonchev–Trinajstić information content (AvgIpc) is 2.89. The third kappa shape index (κ3) is 3.38. The van der Waals surface area contributed by atoms with E-state index < -0.39 is 0 Å². The molecule has 0 atom stereocenters. The van der Waals surface area contributed by atoms with E-state index in [-0.39, 0.29) is 5.41 Å². The number of aryl methyl sites for hydroxylation is 2. The third-order valence-electron chi connectivity index (χ3n) is 4.14. The van der Waals surface area contributed by atoms with Gasteiger partial charge < -0.3 is 4.98 Å². The Bertz CT molecular complexity index is 712. The van der Waals surface area contributed by atoms with Crippen molar-refractivity contribution in [2.24, 2.45) is 0 Å². The van der Waals surface area contributed by atoms with Crippen molar-refractivity contribution in [3.05, 3.63) is 65.5 Å². The molecule has 1 heterocycles. The Morgan fingerprint density at radius 3 is 2.32 bits per heavy atom. The van der Waals surface area contributed by atoms with E-state index in [0.717, 1.165) is 36.1 Å². The SMILES string of the molecule is CC(C)(C)c1ccc(CCCc2nc3ccccc3[nH]2)cc1. The zero-order valence-electron chi connectivity index (χ0n) is 13.7. The Balaban J connectivity index is 1.58. The van der Waals surface area contributed by atoms with Gasteiger partial charge in [0.2, 0.25) is 0 Å². The van der Waals surface area contributed by atoms with Crippen LogP contribution in [0.5, 0.6) is 0 Å². The third-order valence-corrected chi connectivity index (χ3v) is 4.14. The molecule has 0 saturated heterocycles. The number of nitrogens with zero attached hydrogens (tertiary/aromatic N) is 1. The first kappa shape index (κ1) is 14.8.